The standard InChI is InChI=1S/C17H22N2/c1-14-12-16(8-9-17(14)18)13-19(2)11-10-15-6-4-3-5-7-15/h3-9,12H,10-11,13,18H2,1-2H3. The topological polar surface area (TPSA) is 29.3 Å². The van der Waals surface area contributed by atoms with E-state index in [0.717, 1.165) is 30.8 Å². The number of nitrogens with two attached hydrogens (primary N) is 1. The van der Waals surface area contributed by atoms with E-state index < -0.39 is 0 Å². The molecule has 19 heavy (non-hydrogen) atoms. The monoisotopic (exact) mass is 254 g/mol. The molecule has 0 atom stereocenters. The second-order valence-electron chi connectivity index (χ2n) is 5.16. The molecular weight excluding hydrogens is 232 g/mol. The first-order chi connectivity index (χ1) is 9.15. The van der Waals surface area contributed by atoms with Gasteiger partial charge in [-0.2, -0.15) is 0 Å². The number of rotatable bonds is 5. The van der Waals surface area contributed by atoms with Crippen molar-refractivity contribution in [3.63, 3.8) is 0 Å². The molecule has 0 saturated carbocycles. The molecule has 0 radical (unpaired) electrons. The van der Waals surface area contributed by atoms with E-state index in [1.54, 1.807) is 0 Å². The van der Waals surface area contributed by atoms with Crippen LogP contribution in [0.4, 0.5) is 5.69 Å². The van der Waals surface area contributed by atoms with Gasteiger partial charge in [0.2, 0.25) is 0 Å². The van der Waals surface area contributed by atoms with Crippen molar-refractivity contribution in [2.75, 3.05) is 19.3 Å². The fourth-order valence-corrected chi connectivity index (χ4v) is 2.19. The Morgan fingerprint density at radius 2 is 1.74 bits per heavy atom. The maximum absolute atomic E-state index is 5.84. The molecule has 0 spiro atoms. The Kier molecular flexibility index (Phi) is 4.58. The molecule has 2 aromatic rings. The molecule has 0 saturated heterocycles. The molecule has 0 aliphatic heterocycles. The third kappa shape index (κ3) is 4.11. The van der Waals surface area contributed by atoms with E-state index in [-0.39, 0.29) is 0 Å². The molecule has 0 fully saturated rings. The molecule has 0 aromatic heterocycles. The van der Waals surface area contributed by atoms with Gasteiger partial charge in [-0.1, -0.05) is 42.5 Å². The highest BCUT2D eigenvalue weighted by molar-refractivity contribution is 5.47. The summed E-state index contributed by atoms with van der Waals surface area (Å²) in [5.41, 5.74) is 10.6. The van der Waals surface area contributed by atoms with Gasteiger partial charge in [-0.05, 0) is 43.1 Å². The van der Waals surface area contributed by atoms with Crippen LogP contribution in [0.1, 0.15) is 16.7 Å². The van der Waals surface area contributed by atoms with Crippen molar-refractivity contribution in [1.82, 2.24) is 4.90 Å². The molecule has 0 unspecified atom stereocenters. The lowest BCUT2D eigenvalue weighted by Gasteiger charge is -2.17. The van der Waals surface area contributed by atoms with Crippen molar-refractivity contribution in [2.24, 2.45) is 0 Å². The summed E-state index contributed by atoms with van der Waals surface area (Å²) in [5.74, 6) is 0. The Morgan fingerprint density at radius 1 is 1.00 bits per heavy atom. The zero-order valence-corrected chi connectivity index (χ0v) is 11.8. The van der Waals surface area contributed by atoms with Gasteiger partial charge in [0, 0.05) is 18.8 Å². The van der Waals surface area contributed by atoms with Crippen LogP contribution < -0.4 is 5.73 Å². The average Bonchev–Trinajstić information content (AvgIpc) is 2.42. The number of nitrogens with zero attached hydrogens (tertiary/aromatic N) is 1. The van der Waals surface area contributed by atoms with Gasteiger partial charge in [-0.3, -0.25) is 0 Å². The molecule has 2 aromatic carbocycles. The maximum atomic E-state index is 5.84. The summed E-state index contributed by atoms with van der Waals surface area (Å²) < 4.78 is 0. The van der Waals surface area contributed by atoms with Gasteiger partial charge in [-0.15, -0.1) is 0 Å². The molecule has 0 bridgehead atoms. The molecule has 100 valence electrons. The molecule has 0 aliphatic rings. The maximum Gasteiger partial charge on any atom is 0.0343 e. The first-order valence-electron chi connectivity index (χ1n) is 6.72. The van der Waals surface area contributed by atoms with Crippen LogP contribution in [0.25, 0.3) is 0 Å². The summed E-state index contributed by atoms with van der Waals surface area (Å²) in [4.78, 5) is 2.35. The highest BCUT2D eigenvalue weighted by atomic mass is 15.1. The van der Waals surface area contributed by atoms with Crippen molar-refractivity contribution in [3.8, 4) is 0 Å². The third-order valence-corrected chi connectivity index (χ3v) is 3.41. The number of nitrogen functional groups attached to an aromatic ring is 1. The van der Waals surface area contributed by atoms with Gasteiger partial charge in [-0.25, -0.2) is 0 Å². The molecule has 2 heteroatoms. The van der Waals surface area contributed by atoms with Crippen LogP contribution in [0.2, 0.25) is 0 Å². The molecule has 2 rings (SSSR count). The Hall–Kier alpha value is -1.80. The predicted molar refractivity (Wildman–Crippen MR) is 82.1 cm³/mol. The smallest absolute Gasteiger partial charge is 0.0343 e. The predicted octanol–water partition coefficient (Wildman–Crippen LogP) is 3.25. The van der Waals surface area contributed by atoms with Crippen molar-refractivity contribution in [3.05, 3.63) is 65.2 Å². The number of anilines is 1. The number of likely N-dealkylation sites (N-methyl/N-ethyl adjacent to an activating group) is 1. The Bertz CT molecular complexity index is 520. The summed E-state index contributed by atoms with van der Waals surface area (Å²) in [5, 5.41) is 0. The van der Waals surface area contributed by atoms with E-state index in [1.165, 1.54) is 11.1 Å². The molecule has 2 N–H and O–H groups in total. The minimum absolute atomic E-state index is 0.871. The summed E-state index contributed by atoms with van der Waals surface area (Å²) >= 11 is 0. The van der Waals surface area contributed by atoms with Gasteiger partial charge < -0.3 is 10.6 Å². The van der Waals surface area contributed by atoms with E-state index in [1.807, 2.05) is 6.07 Å². The van der Waals surface area contributed by atoms with Crippen LogP contribution in [0.5, 0.6) is 0 Å². The zero-order valence-electron chi connectivity index (χ0n) is 11.8. The number of hydrogen-bond acceptors (Lipinski definition) is 2. The lowest BCUT2D eigenvalue weighted by molar-refractivity contribution is 0.331. The van der Waals surface area contributed by atoms with Crippen LogP contribution in [-0.2, 0) is 13.0 Å². The molecular formula is C17H22N2. The molecule has 0 amide bonds. The quantitative estimate of drug-likeness (QED) is 0.830. The van der Waals surface area contributed by atoms with Crippen LogP contribution in [-0.4, -0.2) is 18.5 Å². The highest BCUT2D eigenvalue weighted by Crippen LogP contribution is 2.14. The van der Waals surface area contributed by atoms with Crippen molar-refractivity contribution >= 4 is 5.69 Å². The second-order valence-corrected chi connectivity index (χ2v) is 5.16. The number of hydrogen-bond donors (Lipinski definition) is 1. The van der Waals surface area contributed by atoms with Crippen molar-refractivity contribution < 1.29 is 0 Å². The number of aryl methyl sites for hydroxylation is 1. The largest absolute Gasteiger partial charge is 0.399 e. The molecule has 0 heterocycles. The van der Waals surface area contributed by atoms with E-state index in [9.17, 15) is 0 Å². The second kappa shape index (κ2) is 6.39. The zero-order chi connectivity index (χ0) is 13.7. The van der Waals surface area contributed by atoms with E-state index in [4.69, 9.17) is 5.73 Å². The van der Waals surface area contributed by atoms with Crippen LogP contribution >= 0.6 is 0 Å². The highest BCUT2D eigenvalue weighted by Gasteiger charge is 2.02. The van der Waals surface area contributed by atoms with E-state index in [2.05, 4.69) is 61.3 Å². The summed E-state index contributed by atoms with van der Waals surface area (Å²) in [6.07, 6.45) is 1.09. The number of benzene rings is 2. The first kappa shape index (κ1) is 13.6. The Labute approximate surface area is 115 Å². The SMILES string of the molecule is Cc1cc(CN(C)CCc2ccccc2)ccc1N. The lowest BCUT2D eigenvalue weighted by Crippen LogP contribution is -2.20. The Morgan fingerprint density at radius 3 is 2.42 bits per heavy atom. The fourth-order valence-electron chi connectivity index (χ4n) is 2.19. The van der Waals surface area contributed by atoms with Gasteiger partial charge in [0.25, 0.3) is 0 Å². The van der Waals surface area contributed by atoms with Gasteiger partial charge in [0.15, 0.2) is 0 Å². The third-order valence-electron chi connectivity index (χ3n) is 3.41. The van der Waals surface area contributed by atoms with Crippen LogP contribution in [0.3, 0.4) is 0 Å². The van der Waals surface area contributed by atoms with Crippen molar-refractivity contribution in [2.45, 2.75) is 19.9 Å². The first-order valence-corrected chi connectivity index (χ1v) is 6.72. The van der Waals surface area contributed by atoms with Crippen LogP contribution in [0, 0.1) is 6.92 Å². The van der Waals surface area contributed by atoms with Crippen molar-refractivity contribution in [1.29, 1.82) is 0 Å². The van der Waals surface area contributed by atoms with E-state index in [0.29, 0.717) is 0 Å². The van der Waals surface area contributed by atoms with Crippen LogP contribution in [0.15, 0.2) is 48.5 Å². The van der Waals surface area contributed by atoms with Gasteiger partial charge in [0.05, 0.1) is 0 Å². The normalized spacial score (nSPS) is 10.9. The average molecular weight is 254 g/mol. The molecule has 0 aliphatic carbocycles. The van der Waals surface area contributed by atoms with Gasteiger partial charge >= 0.3 is 0 Å². The summed E-state index contributed by atoms with van der Waals surface area (Å²) in [6, 6.07) is 16.9. The fraction of sp³-hybridized carbons (Fsp3) is 0.294. The summed E-state index contributed by atoms with van der Waals surface area (Å²) in [6.45, 7) is 4.09. The summed E-state index contributed by atoms with van der Waals surface area (Å²) in [7, 11) is 2.16. The minimum atomic E-state index is 0.871. The molecule has 2 nitrogen and oxygen atoms in total. The van der Waals surface area contributed by atoms with Gasteiger partial charge in [0.1, 0.15) is 0 Å². The minimum Gasteiger partial charge on any atom is -0.399 e. The van der Waals surface area contributed by atoms with E-state index >= 15 is 0 Å². The Balaban J connectivity index is 1.87. The lowest BCUT2D eigenvalue weighted by atomic mass is 10.1.